The van der Waals surface area contributed by atoms with Gasteiger partial charge in [-0.05, 0) is 50.2 Å². The molecule has 8 heteroatoms. The van der Waals surface area contributed by atoms with Crippen molar-refractivity contribution in [2.75, 3.05) is 17.2 Å². The molecule has 3 N–H and O–H groups in total. The first kappa shape index (κ1) is 20.4. The van der Waals surface area contributed by atoms with Gasteiger partial charge in [-0.1, -0.05) is 34.8 Å². The van der Waals surface area contributed by atoms with E-state index in [9.17, 15) is 9.59 Å². The average Bonchev–Trinajstić information content (AvgIpc) is 2.57. The Kier molecular flexibility index (Phi) is 7.14. The van der Waals surface area contributed by atoms with Gasteiger partial charge in [0.15, 0.2) is 0 Å². The molecule has 0 aliphatic heterocycles. The molecule has 2 aromatic rings. The molecule has 0 bridgehead atoms. The maximum absolute atomic E-state index is 12.1. The molecular weight excluding hydrogens is 397 g/mol. The van der Waals surface area contributed by atoms with Gasteiger partial charge in [0.05, 0.1) is 27.3 Å². The molecule has 138 valence electrons. The van der Waals surface area contributed by atoms with Gasteiger partial charge in [-0.3, -0.25) is 9.59 Å². The van der Waals surface area contributed by atoms with Crippen molar-refractivity contribution >= 4 is 58.0 Å². The lowest BCUT2D eigenvalue weighted by Crippen LogP contribution is -2.30. The first-order valence-electron chi connectivity index (χ1n) is 7.85. The van der Waals surface area contributed by atoms with Crippen LogP contribution in [-0.2, 0) is 4.79 Å². The summed E-state index contributed by atoms with van der Waals surface area (Å²) in [6.45, 7) is 3.77. The van der Waals surface area contributed by atoms with Crippen LogP contribution in [0.5, 0.6) is 0 Å². The van der Waals surface area contributed by atoms with E-state index in [1.165, 1.54) is 6.07 Å². The van der Waals surface area contributed by atoms with Crippen LogP contribution in [0.3, 0.4) is 0 Å². The highest BCUT2D eigenvalue weighted by molar-refractivity contribution is 6.44. The summed E-state index contributed by atoms with van der Waals surface area (Å²) in [4.78, 5) is 23.9. The van der Waals surface area contributed by atoms with E-state index in [1.807, 2.05) is 13.8 Å². The minimum absolute atomic E-state index is 0.00668. The Labute approximate surface area is 167 Å². The lowest BCUT2D eigenvalue weighted by atomic mass is 10.2. The fourth-order valence-corrected chi connectivity index (χ4v) is 2.70. The van der Waals surface area contributed by atoms with Crippen molar-refractivity contribution in [1.82, 2.24) is 5.32 Å². The molecular formula is C18H18Cl3N3O2. The van der Waals surface area contributed by atoms with E-state index in [0.29, 0.717) is 32.0 Å². The van der Waals surface area contributed by atoms with E-state index in [2.05, 4.69) is 16.0 Å². The number of rotatable bonds is 6. The van der Waals surface area contributed by atoms with E-state index >= 15 is 0 Å². The van der Waals surface area contributed by atoms with Gasteiger partial charge in [-0.15, -0.1) is 0 Å². The van der Waals surface area contributed by atoms with Crippen LogP contribution in [-0.4, -0.2) is 24.4 Å². The first-order valence-corrected chi connectivity index (χ1v) is 8.99. The van der Waals surface area contributed by atoms with Crippen LogP contribution in [0.25, 0.3) is 0 Å². The number of amides is 2. The molecule has 0 atom stereocenters. The smallest absolute Gasteiger partial charge is 0.251 e. The molecule has 2 rings (SSSR count). The van der Waals surface area contributed by atoms with E-state index in [0.717, 1.165) is 0 Å². The summed E-state index contributed by atoms with van der Waals surface area (Å²) in [6, 6.07) is 9.75. The van der Waals surface area contributed by atoms with Crippen molar-refractivity contribution in [1.29, 1.82) is 0 Å². The molecule has 5 nitrogen and oxygen atoms in total. The molecule has 0 aliphatic rings. The Morgan fingerprint density at radius 1 is 0.962 bits per heavy atom. The lowest BCUT2D eigenvalue weighted by Gasteiger charge is -2.11. The van der Waals surface area contributed by atoms with E-state index < -0.39 is 0 Å². The normalized spacial score (nSPS) is 10.5. The zero-order chi connectivity index (χ0) is 19.3. The fourth-order valence-electron chi connectivity index (χ4n) is 2.09. The Bertz CT molecular complexity index is 808. The fraction of sp³-hybridized carbons (Fsp3) is 0.222. The van der Waals surface area contributed by atoms with Crippen LogP contribution >= 0.6 is 34.8 Å². The van der Waals surface area contributed by atoms with Gasteiger partial charge < -0.3 is 16.0 Å². The Hall–Kier alpha value is -1.95. The number of anilines is 2. The van der Waals surface area contributed by atoms with Crippen LogP contribution in [0.1, 0.15) is 24.2 Å². The minimum atomic E-state index is -0.272. The number of hydrogen-bond acceptors (Lipinski definition) is 3. The summed E-state index contributed by atoms with van der Waals surface area (Å²) in [5, 5.41) is 9.48. The Morgan fingerprint density at radius 3 is 2.19 bits per heavy atom. The summed E-state index contributed by atoms with van der Waals surface area (Å²) in [6.07, 6.45) is 0. The van der Waals surface area contributed by atoms with Gasteiger partial charge in [0.2, 0.25) is 5.91 Å². The summed E-state index contributed by atoms with van der Waals surface area (Å²) < 4.78 is 0. The van der Waals surface area contributed by atoms with Gasteiger partial charge in [0.25, 0.3) is 5.91 Å². The van der Waals surface area contributed by atoms with Crippen LogP contribution < -0.4 is 16.0 Å². The predicted octanol–water partition coefficient (Wildman–Crippen LogP) is 4.84. The van der Waals surface area contributed by atoms with Crippen molar-refractivity contribution in [2.45, 2.75) is 19.9 Å². The van der Waals surface area contributed by atoms with Crippen molar-refractivity contribution < 1.29 is 9.59 Å². The van der Waals surface area contributed by atoms with Crippen molar-refractivity contribution in [3.05, 3.63) is 57.0 Å². The molecule has 2 aromatic carbocycles. The number of benzene rings is 2. The van der Waals surface area contributed by atoms with Gasteiger partial charge >= 0.3 is 0 Å². The molecule has 0 saturated carbocycles. The van der Waals surface area contributed by atoms with E-state index in [-0.39, 0.29) is 24.4 Å². The monoisotopic (exact) mass is 413 g/mol. The average molecular weight is 415 g/mol. The second kappa shape index (κ2) is 9.12. The summed E-state index contributed by atoms with van der Waals surface area (Å²) in [7, 11) is 0. The van der Waals surface area contributed by atoms with Gasteiger partial charge in [0, 0.05) is 17.3 Å². The number of hydrogen-bond donors (Lipinski definition) is 3. The highest BCUT2D eigenvalue weighted by atomic mass is 35.5. The topological polar surface area (TPSA) is 70.2 Å². The second-order valence-corrected chi connectivity index (χ2v) is 7.08. The third kappa shape index (κ3) is 5.80. The van der Waals surface area contributed by atoms with Crippen molar-refractivity contribution in [3.63, 3.8) is 0 Å². The quantitative estimate of drug-likeness (QED) is 0.593. The summed E-state index contributed by atoms with van der Waals surface area (Å²) in [5.74, 6) is -0.430. The summed E-state index contributed by atoms with van der Waals surface area (Å²) >= 11 is 17.9. The number of halogens is 3. The maximum Gasteiger partial charge on any atom is 0.251 e. The van der Waals surface area contributed by atoms with Crippen molar-refractivity contribution in [3.8, 4) is 0 Å². The molecule has 0 heterocycles. The van der Waals surface area contributed by atoms with Crippen LogP contribution in [0.2, 0.25) is 15.1 Å². The molecule has 0 aliphatic carbocycles. The van der Waals surface area contributed by atoms with Crippen LogP contribution in [0.4, 0.5) is 11.4 Å². The number of carbonyl (C=O) groups excluding carboxylic acids is 2. The van der Waals surface area contributed by atoms with Crippen molar-refractivity contribution in [2.24, 2.45) is 0 Å². The first-order chi connectivity index (χ1) is 12.3. The molecule has 0 radical (unpaired) electrons. The molecule has 2 amide bonds. The Morgan fingerprint density at radius 2 is 1.58 bits per heavy atom. The van der Waals surface area contributed by atoms with Gasteiger partial charge in [-0.25, -0.2) is 0 Å². The highest BCUT2D eigenvalue weighted by Crippen LogP contribution is 2.32. The second-order valence-electron chi connectivity index (χ2n) is 5.85. The molecule has 0 fully saturated rings. The SMILES string of the molecule is CC(C)NC(=O)c1ccc(NC(=O)CNc2cc(Cl)c(Cl)cc2Cl)cc1. The zero-order valence-corrected chi connectivity index (χ0v) is 16.5. The van der Waals surface area contributed by atoms with Crippen LogP contribution in [0, 0.1) is 0 Å². The van der Waals surface area contributed by atoms with E-state index in [4.69, 9.17) is 34.8 Å². The number of carbonyl (C=O) groups is 2. The number of nitrogens with one attached hydrogen (secondary N) is 3. The molecule has 0 saturated heterocycles. The molecule has 26 heavy (non-hydrogen) atoms. The third-order valence-electron chi connectivity index (χ3n) is 3.30. The third-order valence-corrected chi connectivity index (χ3v) is 4.33. The maximum atomic E-state index is 12.1. The molecule has 0 unspecified atom stereocenters. The minimum Gasteiger partial charge on any atom is -0.375 e. The van der Waals surface area contributed by atoms with Gasteiger partial charge in [0.1, 0.15) is 0 Å². The lowest BCUT2D eigenvalue weighted by molar-refractivity contribution is -0.114. The van der Waals surface area contributed by atoms with E-state index in [1.54, 1.807) is 30.3 Å². The standard InChI is InChI=1S/C18H18Cl3N3O2/c1-10(2)23-18(26)11-3-5-12(6-4-11)24-17(25)9-22-16-8-14(20)13(19)7-15(16)21/h3-8,10,22H,9H2,1-2H3,(H,23,26)(H,24,25). The van der Waals surface area contributed by atoms with Gasteiger partial charge in [-0.2, -0.15) is 0 Å². The molecule has 0 aromatic heterocycles. The Balaban J connectivity index is 1.92. The predicted molar refractivity (Wildman–Crippen MR) is 108 cm³/mol. The summed E-state index contributed by atoms with van der Waals surface area (Å²) in [5.41, 5.74) is 1.62. The molecule has 0 spiro atoms. The van der Waals surface area contributed by atoms with Crippen LogP contribution in [0.15, 0.2) is 36.4 Å². The zero-order valence-electron chi connectivity index (χ0n) is 14.2. The highest BCUT2D eigenvalue weighted by Gasteiger charge is 2.09. The largest absolute Gasteiger partial charge is 0.375 e.